The van der Waals surface area contributed by atoms with Crippen LogP contribution >= 0.6 is 0 Å². The largest absolute Gasteiger partial charge is 0.464 e. The third-order valence-electron chi connectivity index (χ3n) is 3.24. The lowest BCUT2D eigenvalue weighted by molar-refractivity contribution is 0.0594. The number of rotatable bonds is 2. The summed E-state index contributed by atoms with van der Waals surface area (Å²) in [6.45, 7) is 2.04. The van der Waals surface area contributed by atoms with Crippen molar-refractivity contribution in [1.29, 1.82) is 0 Å². The van der Waals surface area contributed by atoms with Crippen LogP contribution < -0.4 is 10.6 Å². The second-order valence-corrected chi connectivity index (χ2v) is 4.46. The fourth-order valence-corrected chi connectivity index (χ4v) is 2.18. The van der Waals surface area contributed by atoms with E-state index in [1.54, 1.807) is 18.5 Å². The summed E-state index contributed by atoms with van der Waals surface area (Å²) in [4.78, 5) is 17.8. The summed E-state index contributed by atoms with van der Waals surface area (Å²) in [5.41, 5.74) is 6.72. The van der Waals surface area contributed by atoms with Gasteiger partial charge in [-0.2, -0.15) is 0 Å². The van der Waals surface area contributed by atoms with E-state index in [1.165, 1.54) is 7.11 Å². The van der Waals surface area contributed by atoms with Crippen molar-refractivity contribution in [3.8, 4) is 0 Å². The van der Waals surface area contributed by atoms with Gasteiger partial charge in [0, 0.05) is 13.1 Å². The number of carbonyl (C=O) groups is 1. The van der Waals surface area contributed by atoms with Gasteiger partial charge in [0.05, 0.1) is 19.3 Å². The van der Waals surface area contributed by atoms with Gasteiger partial charge in [-0.3, -0.25) is 0 Å². The van der Waals surface area contributed by atoms with Gasteiger partial charge in [0.25, 0.3) is 0 Å². The van der Waals surface area contributed by atoms with Gasteiger partial charge in [0.15, 0.2) is 17.3 Å². The van der Waals surface area contributed by atoms with Crippen LogP contribution in [0.4, 0.5) is 11.5 Å². The number of hydrogen-bond donors (Lipinski definition) is 1. The van der Waals surface area contributed by atoms with Crippen LogP contribution in [0.5, 0.6) is 0 Å². The first-order chi connectivity index (χ1) is 9.69. The molecule has 0 aliphatic carbocycles. The Morgan fingerprint density at radius 3 is 3.05 bits per heavy atom. The molecule has 0 amide bonds. The Hall–Kier alpha value is -2.64. The Bertz CT molecular complexity index is 653. The number of carbonyl (C=O) groups excluding carboxylic acids is 1. The summed E-state index contributed by atoms with van der Waals surface area (Å²) in [7, 11) is 1.32. The predicted octanol–water partition coefficient (Wildman–Crippen LogP) is 0.0621. The van der Waals surface area contributed by atoms with Crippen molar-refractivity contribution < 1.29 is 9.53 Å². The summed E-state index contributed by atoms with van der Waals surface area (Å²) in [5, 5.41) is 7.92. The third-order valence-corrected chi connectivity index (χ3v) is 3.24. The maximum Gasteiger partial charge on any atom is 0.356 e. The van der Waals surface area contributed by atoms with Gasteiger partial charge in [0.2, 0.25) is 0 Å². The maximum atomic E-state index is 11.5. The number of anilines is 2. The minimum Gasteiger partial charge on any atom is -0.464 e. The zero-order chi connectivity index (χ0) is 14.1. The van der Waals surface area contributed by atoms with E-state index in [0.29, 0.717) is 18.1 Å². The van der Waals surface area contributed by atoms with Gasteiger partial charge in [-0.05, 0) is 12.1 Å². The molecule has 8 nitrogen and oxygen atoms in total. The molecule has 0 spiro atoms. The third kappa shape index (κ3) is 2.04. The standard InChI is InChI=1S/C12H14N6O2/c1-20-12(19)9-3-2-8(13)11(15-9)17-4-5-18-7-14-16-10(18)6-17/h2-3,7H,4-6,13H2,1H3. The molecule has 2 aromatic rings. The minimum atomic E-state index is -0.480. The normalized spacial score (nSPS) is 13.9. The molecule has 20 heavy (non-hydrogen) atoms. The number of nitrogens with zero attached hydrogens (tertiary/aromatic N) is 5. The van der Waals surface area contributed by atoms with Crippen molar-refractivity contribution in [3.63, 3.8) is 0 Å². The lowest BCUT2D eigenvalue weighted by atomic mass is 10.2. The van der Waals surface area contributed by atoms with Gasteiger partial charge in [-0.1, -0.05) is 0 Å². The van der Waals surface area contributed by atoms with E-state index in [-0.39, 0.29) is 5.69 Å². The molecule has 2 aromatic heterocycles. The van der Waals surface area contributed by atoms with E-state index in [0.717, 1.165) is 18.9 Å². The summed E-state index contributed by atoms with van der Waals surface area (Å²) >= 11 is 0. The van der Waals surface area contributed by atoms with Gasteiger partial charge in [-0.25, -0.2) is 9.78 Å². The molecule has 0 aromatic carbocycles. The molecular formula is C12H14N6O2. The van der Waals surface area contributed by atoms with E-state index in [9.17, 15) is 4.79 Å². The predicted molar refractivity (Wildman–Crippen MR) is 71.1 cm³/mol. The number of esters is 1. The van der Waals surface area contributed by atoms with Gasteiger partial charge >= 0.3 is 5.97 Å². The Kier molecular flexibility index (Phi) is 2.97. The molecule has 3 heterocycles. The van der Waals surface area contributed by atoms with E-state index in [2.05, 4.69) is 19.9 Å². The van der Waals surface area contributed by atoms with Crippen molar-refractivity contribution in [1.82, 2.24) is 19.7 Å². The Balaban J connectivity index is 1.92. The highest BCUT2D eigenvalue weighted by molar-refractivity contribution is 5.88. The zero-order valence-electron chi connectivity index (χ0n) is 11.0. The molecule has 0 saturated carbocycles. The second kappa shape index (κ2) is 4.80. The highest BCUT2D eigenvalue weighted by Gasteiger charge is 2.21. The lowest BCUT2D eigenvalue weighted by Gasteiger charge is -2.29. The van der Waals surface area contributed by atoms with Crippen LogP contribution in [-0.4, -0.2) is 39.4 Å². The second-order valence-electron chi connectivity index (χ2n) is 4.46. The van der Waals surface area contributed by atoms with Crippen LogP contribution in [0.1, 0.15) is 16.3 Å². The first kappa shape index (κ1) is 12.4. The number of ether oxygens (including phenoxy) is 1. The average molecular weight is 274 g/mol. The van der Waals surface area contributed by atoms with Crippen LogP contribution in [0.3, 0.4) is 0 Å². The van der Waals surface area contributed by atoms with Gasteiger partial charge in [0.1, 0.15) is 6.33 Å². The van der Waals surface area contributed by atoms with Crippen LogP contribution in [0.2, 0.25) is 0 Å². The lowest BCUT2D eigenvalue weighted by Crippen LogP contribution is -2.35. The number of hydrogen-bond acceptors (Lipinski definition) is 7. The minimum absolute atomic E-state index is 0.240. The quantitative estimate of drug-likeness (QED) is 0.773. The van der Waals surface area contributed by atoms with E-state index < -0.39 is 5.97 Å². The molecule has 2 N–H and O–H groups in total. The van der Waals surface area contributed by atoms with Crippen molar-refractivity contribution >= 4 is 17.5 Å². The highest BCUT2D eigenvalue weighted by atomic mass is 16.5. The fourth-order valence-electron chi connectivity index (χ4n) is 2.18. The average Bonchev–Trinajstić information content (AvgIpc) is 2.94. The number of fused-ring (bicyclic) bond motifs is 1. The van der Waals surface area contributed by atoms with Crippen LogP contribution in [0.15, 0.2) is 18.5 Å². The molecule has 0 saturated heterocycles. The van der Waals surface area contributed by atoms with Crippen LogP contribution in [-0.2, 0) is 17.8 Å². The summed E-state index contributed by atoms with van der Waals surface area (Å²) in [6.07, 6.45) is 1.70. The first-order valence-corrected chi connectivity index (χ1v) is 6.15. The van der Waals surface area contributed by atoms with Crippen LogP contribution in [0, 0.1) is 0 Å². The smallest absolute Gasteiger partial charge is 0.356 e. The monoisotopic (exact) mass is 274 g/mol. The molecular weight excluding hydrogens is 260 g/mol. The molecule has 0 unspecified atom stereocenters. The number of nitrogen functional groups attached to an aromatic ring is 1. The van der Waals surface area contributed by atoms with Crippen LogP contribution in [0.25, 0.3) is 0 Å². The molecule has 1 aliphatic rings. The van der Waals surface area contributed by atoms with Gasteiger partial charge < -0.3 is 19.9 Å². The van der Waals surface area contributed by atoms with E-state index >= 15 is 0 Å². The molecule has 3 rings (SSSR count). The molecule has 104 valence electrons. The number of methoxy groups -OCH3 is 1. The molecule has 1 aliphatic heterocycles. The Morgan fingerprint density at radius 1 is 1.40 bits per heavy atom. The topological polar surface area (TPSA) is 99.2 Å². The van der Waals surface area contributed by atoms with Gasteiger partial charge in [-0.15, -0.1) is 10.2 Å². The Morgan fingerprint density at radius 2 is 2.25 bits per heavy atom. The SMILES string of the molecule is COC(=O)c1ccc(N)c(N2CCn3cnnc3C2)n1. The number of nitrogens with two attached hydrogens (primary N) is 1. The van der Waals surface area contributed by atoms with Crippen molar-refractivity contribution in [2.24, 2.45) is 0 Å². The van der Waals surface area contributed by atoms with E-state index in [4.69, 9.17) is 5.73 Å². The highest BCUT2D eigenvalue weighted by Crippen LogP contribution is 2.24. The first-order valence-electron chi connectivity index (χ1n) is 6.15. The number of pyridine rings is 1. The van der Waals surface area contributed by atoms with Crippen molar-refractivity contribution in [2.75, 3.05) is 24.3 Å². The summed E-state index contributed by atoms with van der Waals surface area (Å²) in [5.74, 6) is 0.939. The molecule has 0 fully saturated rings. The fraction of sp³-hybridized carbons (Fsp3) is 0.333. The number of aromatic nitrogens is 4. The van der Waals surface area contributed by atoms with E-state index in [1.807, 2.05) is 9.47 Å². The summed E-state index contributed by atoms with van der Waals surface area (Å²) in [6, 6.07) is 3.21. The molecule has 8 heteroatoms. The Labute approximate surface area is 115 Å². The maximum absolute atomic E-state index is 11.5. The molecule has 0 radical (unpaired) electrons. The zero-order valence-corrected chi connectivity index (χ0v) is 11.0. The molecule has 0 bridgehead atoms. The summed E-state index contributed by atoms with van der Waals surface area (Å²) < 4.78 is 6.66. The van der Waals surface area contributed by atoms with Crippen molar-refractivity contribution in [3.05, 3.63) is 30.0 Å². The van der Waals surface area contributed by atoms with Crippen molar-refractivity contribution in [2.45, 2.75) is 13.1 Å². The molecule has 0 atom stereocenters.